The average Bonchev–Trinajstić information content (AvgIpc) is 3.05. The van der Waals surface area contributed by atoms with Crippen LogP contribution < -0.4 is 5.32 Å². The molecule has 0 radical (unpaired) electrons. The Balaban J connectivity index is 2.27. The molecule has 5 heteroatoms. The molecule has 1 N–H and O–H groups in total. The topological polar surface area (TPSA) is 62.6 Å². The number of fused-ring (bicyclic) bond motifs is 1. The van der Waals surface area contributed by atoms with E-state index >= 15 is 0 Å². The molecule has 0 fully saturated rings. The SMILES string of the molecule is CC(C)CN(CC(C)C)C(=O)C(Cc1ccc2occc2c1)NC(=O)CC(C)(C)C. The molecule has 0 bridgehead atoms. The van der Waals surface area contributed by atoms with Crippen LogP contribution in [-0.4, -0.2) is 35.8 Å². The van der Waals surface area contributed by atoms with Crippen molar-refractivity contribution in [1.29, 1.82) is 0 Å². The molecule has 1 aromatic carbocycles. The lowest BCUT2D eigenvalue weighted by Crippen LogP contribution is -2.51. The van der Waals surface area contributed by atoms with Gasteiger partial charge in [-0.25, -0.2) is 0 Å². The van der Waals surface area contributed by atoms with Crippen LogP contribution in [0.4, 0.5) is 0 Å². The fourth-order valence-corrected chi connectivity index (χ4v) is 3.66. The fourth-order valence-electron chi connectivity index (χ4n) is 3.66. The van der Waals surface area contributed by atoms with Crippen LogP contribution in [0.15, 0.2) is 34.9 Å². The van der Waals surface area contributed by atoms with Crippen molar-refractivity contribution in [2.45, 2.75) is 67.3 Å². The summed E-state index contributed by atoms with van der Waals surface area (Å²) in [6.07, 6.45) is 2.50. The summed E-state index contributed by atoms with van der Waals surface area (Å²) >= 11 is 0. The Bertz CT molecular complexity index is 835. The van der Waals surface area contributed by atoms with Crippen molar-refractivity contribution in [3.63, 3.8) is 0 Å². The van der Waals surface area contributed by atoms with Gasteiger partial charge in [0.25, 0.3) is 0 Å². The second kappa shape index (κ2) is 10.1. The highest BCUT2D eigenvalue weighted by Gasteiger charge is 2.28. The van der Waals surface area contributed by atoms with Crippen molar-refractivity contribution >= 4 is 22.8 Å². The second-order valence-electron chi connectivity index (χ2n) is 10.4. The molecule has 0 aliphatic rings. The number of rotatable bonds is 9. The van der Waals surface area contributed by atoms with E-state index in [-0.39, 0.29) is 17.2 Å². The number of hydrogen-bond donors (Lipinski definition) is 1. The van der Waals surface area contributed by atoms with Crippen LogP contribution in [0.25, 0.3) is 11.0 Å². The smallest absolute Gasteiger partial charge is 0.245 e. The monoisotopic (exact) mass is 414 g/mol. The lowest BCUT2D eigenvalue weighted by molar-refractivity contribution is -0.137. The predicted octanol–water partition coefficient (Wildman–Crippen LogP) is 5.04. The molecule has 0 spiro atoms. The van der Waals surface area contributed by atoms with Gasteiger partial charge < -0.3 is 14.6 Å². The van der Waals surface area contributed by atoms with Gasteiger partial charge in [-0.05, 0) is 41.0 Å². The minimum Gasteiger partial charge on any atom is -0.464 e. The quantitative estimate of drug-likeness (QED) is 0.625. The van der Waals surface area contributed by atoms with Crippen molar-refractivity contribution < 1.29 is 14.0 Å². The summed E-state index contributed by atoms with van der Waals surface area (Å²) < 4.78 is 5.43. The standard InChI is InChI=1S/C25H38N2O3/c1-17(2)15-27(16-18(3)4)24(29)21(26-23(28)14-25(5,6)7)13-19-8-9-22-20(12-19)10-11-30-22/h8-12,17-18,21H,13-16H2,1-7H3,(H,26,28). The Labute approximate surface area is 181 Å². The molecular weight excluding hydrogens is 376 g/mol. The third kappa shape index (κ3) is 7.51. The number of nitrogens with zero attached hydrogens (tertiary/aromatic N) is 1. The second-order valence-corrected chi connectivity index (χ2v) is 10.4. The molecule has 1 unspecified atom stereocenters. The van der Waals surface area contributed by atoms with E-state index in [1.165, 1.54) is 0 Å². The zero-order chi connectivity index (χ0) is 22.5. The molecule has 2 aromatic rings. The molecule has 1 aromatic heterocycles. The number of furan rings is 1. The Morgan fingerprint density at radius 1 is 1.03 bits per heavy atom. The Hall–Kier alpha value is -2.30. The van der Waals surface area contributed by atoms with Gasteiger partial charge in [0.2, 0.25) is 11.8 Å². The average molecular weight is 415 g/mol. The van der Waals surface area contributed by atoms with E-state index in [0.29, 0.717) is 37.8 Å². The molecular formula is C25H38N2O3. The van der Waals surface area contributed by atoms with Gasteiger partial charge in [0.15, 0.2) is 0 Å². The first-order valence-corrected chi connectivity index (χ1v) is 11.0. The van der Waals surface area contributed by atoms with E-state index < -0.39 is 6.04 Å². The normalized spacial score (nSPS) is 13.1. The third-order valence-corrected chi connectivity index (χ3v) is 4.76. The summed E-state index contributed by atoms with van der Waals surface area (Å²) in [5, 5.41) is 4.04. The zero-order valence-corrected chi connectivity index (χ0v) is 19.6. The maximum absolute atomic E-state index is 13.5. The molecule has 2 amide bonds. The molecule has 5 nitrogen and oxygen atoms in total. The van der Waals surface area contributed by atoms with Gasteiger partial charge in [0.05, 0.1) is 6.26 Å². The molecule has 0 aliphatic carbocycles. The van der Waals surface area contributed by atoms with Crippen molar-refractivity contribution in [1.82, 2.24) is 10.2 Å². The minimum absolute atomic E-state index is 0.00745. The summed E-state index contributed by atoms with van der Waals surface area (Å²) in [6, 6.07) is 7.25. The molecule has 30 heavy (non-hydrogen) atoms. The lowest BCUT2D eigenvalue weighted by atomic mass is 9.91. The molecule has 2 rings (SSSR count). The van der Waals surface area contributed by atoms with Gasteiger partial charge in [-0.2, -0.15) is 0 Å². The van der Waals surface area contributed by atoms with Crippen molar-refractivity contribution in [3.05, 3.63) is 36.1 Å². The van der Waals surface area contributed by atoms with Gasteiger partial charge >= 0.3 is 0 Å². The van der Waals surface area contributed by atoms with Crippen LogP contribution in [0, 0.1) is 17.3 Å². The maximum Gasteiger partial charge on any atom is 0.245 e. The molecule has 0 aliphatic heterocycles. The van der Waals surface area contributed by atoms with E-state index in [1.807, 2.05) is 49.9 Å². The van der Waals surface area contributed by atoms with Crippen LogP contribution in [0.3, 0.4) is 0 Å². The molecule has 1 heterocycles. The van der Waals surface area contributed by atoms with E-state index in [4.69, 9.17) is 4.42 Å². The highest BCUT2D eigenvalue weighted by molar-refractivity contribution is 5.88. The highest BCUT2D eigenvalue weighted by Crippen LogP contribution is 2.20. The van der Waals surface area contributed by atoms with E-state index in [1.54, 1.807) is 6.26 Å². The minimum atomic E-state index is -0.582. The fraction of sp³-hybridized carbons (Fsp3) is 0.600. The summed E-state index contributed by atoms with van der Waals surface area (Å²) in [5.74, 6) is 0.632. The largest absolute Gasteiger partial charge is 0.464 e. The highest BCUT2D eigenvalue weighted by atomic mass is 16.3. The molecule has 0 saturated carbocycles. The van der Waals surface area contributed by atoms with Gasteiger partial charge in [-0.3, -0.25) is 9.59 Å². The first kappa shape index (κ1) is 24.0. The number of carbonyl (C=O) groups excluding carboxylic acids is 2. The van der Waals surface area contributed by atoms with Crippen LogP contribution in [0.2, 0.25) is 0 Å². The molecule has 1 atom stereocenters. The molecule has 0 saturated heterocycles. The summed E-state index contributed by atoms with van der Waals surface area (Å²) in [5.41, 5.74) is 1.69. The van der Waals surface area contributed by atoms with E-state index in [0.717, 1.165) is 16.5 Å². The first-order chi connectivity index (χ1) is 13.9. The van der Waals surface area contributed by atoms with E-state index in [9.17, 15) is 9.59 Å². The number of benzene rings is 1. The predicted molar refractivity (Wildman–Crippen MR) is 122 cm³/mol. The summed E-state index contributed by atoms with van der Waals surface area (Å²) in [4.78, 5) is 28.1. The van der Waals surface area contributed by atoms with Crippen LogP contribution in [0.5, 0.6) is 0 Å². The van der Waals surface area contributed by atoms with Crippen molar-refractivity contribution in [2.24, 2.45) is 17.3 Å². The van der Waals surface area contributed by atoms with Gasteiger partial charge in [-0.1, -0.05) is 54.5 Å². The summed E-state index contributed by atoms with van der Waals surface area (Å²) in [7, 11) is 0. The zero-order valence-electron chi connectivity index (χ0n) is 19.6. The molecule has 166 valence electrons. The van der Waals surface area contributed by atoms with Gasteiger partial charge in [-0.15, -0.1) is 0 Å². The van der Waals surface area contributed by atoms with Crippen molar-refractivity contribution in [3.8, 4) is 0 Å². The Kier molecular flexibility index (Phi) is 8.10. The number of amides is 2. The lowest BCUT2D eigenvalue weighted by Gasteiger charge is -2.31. The van der Waals surface area contributed by atoms with Crippen LogP contribution in [-0.2, 0) is 16.0 Å². The Morgan fingerprint density at radius 3 is 2.23 bits per heavy atom. The van der Waals surface area contributed by atoms with E-state index in [2.05, 4.69) is 33.0 Å². The number of carbonyl (C=O) groups is 2. The summed E-state index contributed by atoms with van der Waals surface area (Å²) in [6.45, 7) is 15.9. The Morgan fingerprint density at radius 2 is 1.67 bits per heavy atom. The third-order valence-electron chi connectivity index (χ3n) is 4.76. The van der Waals surface area contributed by atoms with Crippen LogP contribution in [0.1, 0.15) is 60.5 Å². The van der Waals surface area contributed by atoms with Crippen LogP contribution >= 0.6 is 0 Å². The van der Waals surface area contributed by atoms with Gasteiger partial charge in [0.1, 0.15) is 11.6 Å². The van der Waals surface area contributed by atoms with Gasteiger partial charge in [0, 0.05) is 31.3 Å². The maximum atomic E-state index is 13.5. The number of hydrogen-bond acceptors (Lipinski definition) is 3. The first-order valence-electron chi connectivity index (χ1n) is 11.0. The van der Waals surface area contributed by atoms with Crippen molar-refractivity contribution in [2.75, 3.05) is 13.1 Å². The number of nitrogens with one attached hydrogen (secondary N) is 1.